The van der Waals surface area contributed by atoms with Gasteiger partial charge in [-0.05, 0) is 48.4 Å². The number of carbonyl (C=O) groups is 1. The monoisotopic (exact) mass is 344 g/mol. The summed E-state index contributed by atoms with van der Waals surface area (Å²) in [5, 5.41) is 6.36. The predicted octanol–water partition coefficient (Wildman–Crippen LogP) is 5.64. The Labute approximate surface area is 155 Å². The van der Waals surface area contributed by atoms with Crippen LogP contribution in [0.25, 0.3) is 0 Å². The van der Waals surface area contributed by atoms with Gasteiger partial charge in [0, 0.05) is 22.5 Å². The van der Waals surface area contributed by atoms with Crippen LogP contribution in [0.5, 0.6) is 0 Å². The van der Waals surface area contributed by atoms with Gasteiger partial charge in [-0.2, -0.15) is 0 Å². The molecule has 0 heterocycles. The molecular weight excluding hydrogens is 320 g/mol. The maximum atomic E-state index is 12.7. The number of hydrogen-bond donors (Lipinski definition) is 2. The maximum absolute atomic E-state index is 12.7. The van der Waals surface area contributed by atoms with E-state index in [4.69, 9.17) is 0 Å². The minimum Gasteiger partial charge on any atom is -0.356 e. The minimum atomic E-state index is -0.484. The highest BCUT2D eigenvalue weighted by Gasteiger charge is 2.27. The van der Waals surface area contributed by atoms with Crippen LogP contribution >= 0.6 is 0 Å². The van der Waals surface area contributed by atoms with E-state index in [9.17, 15) is 4.79 Å². The summed E-state index contributed by atoms with van der Waals surface area (Å²) in [6.45, 7) is 3.95. The SMILES string of the molecule is CC(C)(Cc1ccccc1)C(=O)Nc1ccc(Nc2ccccc2)cc1. The Hall–Kier alpha value is -3.07. The van der Waals surface area contributed by atoms with Gasteiger partial charge in [0.05, 0.1) is 0 Å². The molecule has 0 unspecified atom stereocenters. The van der Waals surface area contributed by atoms with Crippen LogP contribution in [0.1, 0.15) is 19.4 Å². The molecule has 0 atom stereocenters. The Bertz CT molecular complexity index is 840. The number of anilines is 3. The summed E-state index contributed by atoms with van der Waals surface area (Å²) < 4.78 is 0. The second kappa shape index (κ2) is 7.87. The van der Waals surface area contributed by atoms with Crippen LogP contribution in [0.3, 0.4) is 0 Å². The van der Waals surface area contributed by atoms with Gasteiger partial charge in [-0.15, -0.1) is 0 Å². The number of amides is 1. The first-order valence-corrected chi connectivity index (χ1v) is 8.80. The van der Waals surface area contributed by atoms with Crippen molar-refractivity contribution in [2.45, 2.75) is 20.3 Å². The zero-order chi connectivity index (χ0) is 18.4. The van der Waals surface area contributed by atoms with Gasteiger partial charge in [0.25, 0.3) is 0 Å². The van der Waals surface area contributed by atoms with E-state index in [1.807, 2.05) is 86.6 Å². The smallest absolute Gasteiger partial charge is 0.230 e. The highest BCUT2D eigenvalue weighted by molar-refractivity contribution is 5.95. The van der Waals surface area contributed by atoms with Crippen LogP contribution in [0.15, 0.2) is 84.9 Å². The molecule has 0 radical (unpaired) electrons. The number of hydrogen-bond acceptors (Lipinski definition) is 2. The van der Waals surface area contributed by atoms with Crippen molar-refractivity contribution < 1.29 is 4.79 Å². The third-order valence-electron chi connectivity index (χ3n) is 4.31. The molecule has 0 aromatic heterocycles. The van der Waals surface area contributed by atoms with E-state index in [1.54, 1.807) is 0 Å². The second-order valence-electron chi connectivity index (χ2n) is 7.07. The highest BCUT2D eigenvalue weighted by Crippen LogP contribution is 2.25. The summed E-state index contributed by atoms with van der Waals surface area (Å²) >= 11 is 0. The highest BCUT2D eigenvalue weighted by atomic mass is 16.2. The summed E-state index contributed by atoms with van der Waals surface area (Å²) in [5.74, 6) is 0.0186. The van der Waals surface area contributed by atoms with Crippen LogP contribution in [0.2, 0.25) is 0 Å². The normalized spacial score (nSPS) is 11.0. The zero-order valence-electron chi connectivity index (χ0n) is 15.2. The first kappa shape index (κ1) is 17.7. The Morgan fingerprint density at radius 3 is 1.85 bits per heavy atom. The Morgan fingerprint density at radius 1 is 0.731 bits per heavy atom. The number of rotatable bonds is 6. The van der Waals surface area contributed by atoms with E-state index in [0.29, 0.717) is 6.42 Å². The first-order chi connectivity index (χ1) is 12.5. The van der Waals surface area contributed by atoms with Crippen LogP contribution in [-0.4, -0.2) is 5.91 Å². The molecule has 1 amide bonds. The minimum absolute atomic E-state index is 0.0186. The van der Waals surface area contributed by atoms with Crippen molar-refractivity contribution in [1.29, 1.82) is 0 Å². The van der Waals surface area contributed by atoms with Crippen LogP contribution in [0, 0.1) is 5.41 Å². The Balaban J connectivity index is 1.62. The molecule has 3 rings (SSSR count). The van der Waals surface area contributed by atoms with Crippen molar-refractivity contribution in [2.75, 3.05) is 10.6 Å². The van der Waals surface area contributed by atoms with Gasteiger partial charge in [0.2, 0.25) is 5.91 Å². The lowest BCUT2D eigenvalue weighted by Gasteiger charge is -2.24. The molecule has 3 aromatic carbocycles. The third kappa shape index (κ3) is 4.73. The van der Waals surface area contributed by atoms with Crippen molar-refractivity contribution in [3.8, 4) is 0 Å². The molecular formula is C23H24N2O. The summed E-state index contributed by atoms with van der Waals surface area (Å²) in [6.07, 6.45) is 0.702. The molecule has 2 N–H and O–H groups in total. The van der Waals surface area contributed by atoms with E-state index in [0.717, 1.165) is 22.6 Å². The molecule has 0 spiro atoms. The molecule has 26 heavy (non-hydrogen) atoms. The predicted molar refractivity (Wildman–Crippen MR) is 109 cm³/mol. The molecule has 132 valence electrons. The molecule has 0 aliphatic rings. The first-order valence-electron chi connectivity index (χ1n) is 8.80. The fraction of sp³-hybridized carbons (Fsp3) is 0.174. The van der Waals surface area contributed by atoms with Crippen molar-refractivity contribution in [3.05, 3.63) is 90.5 Å². The molecule has 0 bridgehead atoms. The Kier molecular flexibility index (Phi) is 5.37. The van der Waals surface area contributed by atoms with Crippen molar-refractivity contribution >= 4 is 23.0 Å². The molecule has 3 aromatic rings. The fourth-order valence-corrected chi connectivity index (χ4v) is 2.81. The van der Waals surface area contributed by atoms with Gasteiger partial charge in [0.1, 0.15) is 0 Å². The second-order valence-corrected chi connectivity index (χ2v) is 7.07. The van der Waals surface area contributed by atoms with Crippen molar-refractivity contribution in [3.63, 3.8) is 0 Å². The van der Waals surface area contributed by atoms with Gasteiger partial charge in [-0.3, -0.25) is 4.79 Å². The summed E-state index contributed by atoms with van der Waals surface area (Å²) in [5.41, 5.74) is 3.50. The molecule has 0 aliphatic heterocycles. The number of benzene rings is 3. The van der Waals surface area contributed by atoms with Gasteiger partial charge in [-0.25, -0.2) is 0 Å². The summed E-state index contributed by atoms with van der Waals surface area (Å²) in [4.78, 5) is 12.7. The van der Waals surface area contributed by atoms with Crippen molar-refractivity contribution in [2.24, 2.45) is 5.41 Å². The van der Waals surface area contributed by atoms with Gasteiger partial charge < -0.3 is 10.6 Å². The lowest BCUT2D eigenvalue weighted by molar-refractivity contribution is -0.123. The average Bonchev–Trinajstić information content (AvgIpc) is 2.64. The van der Waals surface area contributed by atoms with E-state index >= 15 is 0 Å². The quantitative estimate of drug-likeness (QED) is 0.608. The summed E-state index contributed by atoms with van der Waals surface area (Å²) in [7, 11) is 0. The summed E-state index contributed by atoms with van der Waals surface area (Å²) in [6, 6.07) is 27.9. The largest absolute Gasteiger partial charge is 0.356 e. The topological polar surface area (TPSA) is 41.1 Å². The average molecular weight is 344 g/mol. The molecule has 3 heteroatoms. The molecule has 0 saturated carbocycles. The van der Waals surface area contributed by atoms with Crippen LogP contribution in [0.4, 0.5) is 17.1 Å². The van der Waals surface area contributed by atoms with E-state index in [2.05, 4.69) is 22.8 Å². The third-order valence-corrected chi connectivity index (χ3v) is 4.31. The number of para-hydroxylation sites is 1. The van der Waals surface area contributed by atoms with E-state index in [1.165, 1.54) is 0 Å². The van der Waals surface area contributed by atoms with Crippen molar-refractivity contribution in [1.82, 2.24) is 0 Å². The van der Waals surface area contributed by atoms with Crippen LogP contribution < -0.4 is 10.6 Å². The van der Waals surface area contributed by atoms with Gasteiger partial charge in [-0.1, -0.05) is 62.4 Å². The lowest BCUT2D eigenvalue weighted by Crippen LogP contribution is -2.32. The number of carbonyl (C=O) groups excluding carboxylic acids is 1. The molecule has 0 fully saturated rings. The fourth-order valence-electron chi connectivity index (χ4n) is 2.81. The zero-order valence-corrected chi connectivity index (χ0v) is 15.2. The van der Waals surface area contributed by atoms with Crippen LogP contribution in [-0.2, 0) is 11.2 Å². The lowest BCUT2D eigenvalue weighted by atomic mass is 9.84. The van der Waals surface area contributed by atoms with Gasteiger partial charge in [0.15, 0.2) is 0 Å². The molecule has 0 saturated heterocycles. The molecule has 0 aliphatic carbocycles. The Morgan fingerprint density at radius 2 is 1.23 bits per heavy atom. The molecule has 3 nitrogen and oxygen atoms in total. The number of nitrogens with one attached hydrogen (secondary N) is 2. The van der Waals surface area contributed by atoms with Gasteiger partial charge >= 0.3 is 0 Å². The standard InChI is InChI=1S/C23H24N2O/c1-23(2,17-18-9-5-3-6-10-18)22(26)25-21-15-13-20(14-16-21)24-19-11-7-4-8-12-19/h3-16,24H,17H2,1-2H3,(H,25,26). The van der Waals surface area contributed by atoms with E-state index in [-0.39, 0.29) is 5.91 Å². The van der Waals surface area contributed by atoms with E-state index < -0.39 is 5.41 Å². The maximum Gasteiger partial charge on any atom is 0.230 e.